The van der Waals surface area contributed by atoms with Gasteiger partial charge in [0.25, 0.3) is 0 Å². The van der Waals surface area contributed by atoms with Gasteiger partial charge in [0, 0.05) is 5.41 Å². The van der Waals surface area contributed by atoms with Crippen LogP contribution in [-0.2, 0) is 11.2 Å². The van der Waals surface area contributed by atoms with Crippen LogP contribution in [0.2, 0.25) is 0 Å². The van der Waals surface area contributed by atoms with E-state index < -0.39 is 10.8 Å². The van der Waals surface area contributed by atoms with Crippen molar-refractivity contribution in [3.8, 4) is 11.5 Å². The van der Waals surface area contributed by atoms with Crippen LogP contribution in [0.4, 0.5) is 0 Å². The minimum atomic E-state index is -0.530. The maximum atomic E-state index is 12.2. The molecule has 0 fully saturated rings. The summed E-state index contributed by atoms with van der Waals surface area (Å²) >= 11 is 6.26. The summed E-state index contributed by atoms with van der Waals surface area (Å²) in [6, 6.07) is 5.67. The molecule has 0 saturated carbocycles. The first-order valence-corrected chi connectivity index (χ1v) is 7.71. The topological polar surface area (TPSA) is 35.5 Å². The lowest BCUT2D eigenvalue weighted by molar-refractivity contribution is -0.125. The van der Waals surface area contributed by atoms with E-state index in [9.17, 15) is 4.79 Å². The molecule has 1 aromatic rings. The number of halogens is 1. The van der Waals surface area contributed by atoms with E-state index in [1.807, 2.05) is 45.9 Å². The third kappa shape index (κ3) is 5.24. The highest BCUT2D eigenvalue weighted by atomic mass is 35.5. The number of carbonyl (C=O) groups is 1. The zero-order chi connectivity index (χ0) is 16.0. The molecule has 0 heterocycles. The zero-order valence-corrected chi connectivity index (χ0v) is 14.3. The first-order valence-electron chi connectivity index (χ1n) is 7.27. The fraction of sp³-hybridized carbons (Fsp3) is 0.588. The Labute approximate surface area is 132 Å². The molecule has 0 amide bonds. The minimum absolute atomic E-state index is 0.0519. The number of carbonyl (C=O) groups excluding carboxylic acids is 1. The van der Waals surface area contributed by atoms with Gasteiger partial charge in [-0.15, -0.1) is 11.6 Å². The van der Waals surface area contributed by atoms with Gasteiger partial charge >= 0.3 is 0 Å². The molecule has 0 bridgehead atoms. The normalized spacial score (nSPS) is 12.9. The van der Waals surface area contributed by atoms with Crippen LogP contribution in [0.1, 0.15) is 39.7 Å². The Kier molecular flexibility index (Phi) is 6.53. The predicted octanol–water partition coefficient (Wildman–Crippen LogP) is 4.25. The summed E-state index contributed by atoms with van der Waals surface area (Å²) < 4.78 is 11.0. The van der Waals surface area contributed by atoms with Crippen molar-refractivity contribution >= 4 is 17.4 Å². The van der Waals surface area contributed by atoms with Gasteiger partial charge < -0.3 is 9.47 Å². The van der Waals surface area contributed by atoms with Crippen molar-refractivity contribution in [3.63, 3.8) is 0 Å². The highest BCUT2D eigenvalue weighted by Crippen LogP contribution is 2.30. The van der Waals surface area contributed by atoms with Gasteiger partial charge in [-0.25, -0.2) is 0 Å². The Morgan fingerprint density at radius 1 is 1.29 bits per heavy atom. The molecule has 4 heteroatoms. The number of alkyl halides is 1. The molecule has 1 atom stereocenters. The molecule has 0 spiro atoms. The summed E-state index contributed by atoms with van der Waals surface area (Å²) in [5.74, 6) is 1.44. The molecule has 0 radical (unpaired) electrons. The highest BCUT2D eigenvalue weighted by molar-refractivity contribution is 6.31. The molecule has 3 nitrogen and oxygen atoms in total. The van der Waals surface area contributed by atoms with Crippen molar-refractivity contribution in [1.82, 2.24) is 0 Å². The average Bonchev–Trinajstić information content (AvgIpc) is 2.43. The SMILES string of the molecule is CCCOc1cc(CC(Cl)C(=O)C(C)(C)C)ccc1OC. The standard InChI is InChI=1S/C17H25ClO3/c1-6-9-21-15-11-12(7-8-14(15)20-5)10-13(18)16(19)17(2,3)4/h7-8,11,13H,6,9-10H2,1-5H3. The molecule has 0 aromatic heterocycles. The van der Waals surface area contributed by atoms with Crippen molar-refractivity contribution in [2.24, 2.45) is 5.41 Å². The van der Waals surface area contributed by atoms with Crippen molar-refractivity contribution < 1.29 is 14.3 Å². The number of methoxy groups -OCH3 is 1. The van der Waals surface area contributed by atoms with Crippen LogP contribution >= 0.6 is 11.6 Å². The van der Waals surface area contributed by atoms with E-state index in [4.69, 9.17) is 21.1 Å². The quantitative estimate of drug-likeness (QED) is 0.706. The minimum Gasteiger partial charge on any atom is -0.493 e. The first kappa shape index (κ1) is 17.8. The van der Waals surface area contributed by atoms with Gasteiger partial charge in [-0.2, -0.15) is 0 Å². The summed E-state index contributed by atoms with van der Waals surface area (Å²) in [7, 11) is 1.61. The van der Waals surface area contributed by atoms with E-state index in [2.05, 4.69) is 0 Å². The van der Waals surface area contributed by atoms with Crippen molar-refractivity contribution in [2.45, 2.75) is 45.9 Å². The van der Waals surface area contributed by atoms with Crippen molar-refractivity contribution in [3.05, 3.63) is 23.8 Å². The molecule has 0 aliphatic heterocycles. The van der Waals surface area contributed by atoms with Crippen molar-refractivity contribution in [1.29, 1.82) is 0 Å². The van der Waals surface area contributed by atoms with Crippen LogP contribution < -0.4 is 9.47 Å². The maximum absolute atomic E-state index is 12.2. The van der Waals surface area contributed by atoms with Crippen LogP contribution in [0.15, 0.2) is 18.2 Å². The molecular formula is C17H25ClO3. The molecule has 0 saturated heterocycles. The third-order valence-corrected chi connectivity index (χ3v) is 3.48. The fourth-order valence-electron chi connectivity index (χ4n) is 1.94. The van der Waals surface area contributed by atoms with Crippen molar-refractivity contribution in [2.75, 3.05) is 13.7 Å². The number of benzene rings is 1. The second kappa shape index (κ2) is 7.69. The lowest BCUT2D eigenvalue weighted by Crippen LogP contribution is -2.30. The summed E-state index contributed by atoms with van der Waals surface area (Å²) in [6.07, 6.45) is 1.41. The molecule has 1 aromatic carbocycles. The third-order valence-electron chi connectivity index (χ3n) is 3.13. The number of hydrogen-bond acceptors (Lipinski definition) is 3. The van der Waals surface area contributed by atoms with E-state index in [0.29, 0.717) is 24.5 Å². The summed E-state index contributed by atoms with van der Waals surface area (Å²) in [5, 5.41) is -0.530. The Morgan fingerprint density at radius 3 is 2.48 bits per heavy atom. The second-order valence-electron chi connectivity index (χ2n) is 6.12. The largest absolute Gasteiger partial charge is 0.493 e. The van der Waals surface area contributed by atoms with Gasteiger partial charge in [0.05, 0.1) is 19.1 Å². The Morgan fingerprint density at radius 2 is 1.95 bits per heavy atom. The number of ether oxygens (including phenoxy) is 2. The van der Waals surface area contributed by atoms with E-state index in [1.54, 1.807) is 7.11 Å². The van der Waals surface area contributed by atoms with Gasteiger partial charge in [-0.1, -0.05) is 33.8 Å². The number of hydrogen-bond donors (Lipinski definition) is 0. The van der Waals surface area contributed by atoms with Crippen LogP contribution in [0.3, 0.4) is 0 Å². The van der Waals surface area contributed by atoms with E-state index >= 15 is 0 Å². The molecule has 0 aliphatic rings. The number of Topliss-reactive ketones (excluding diaryl/α,β-unsaturated/α-hetero) is 1. The zero-order valence-electron chi connectivity index (χ0n) is 13.5. The second-order valence-corrected chi connectivity index (χ2v) is 6.65. The van der Waals surface area contributed by atoms with Crippen LogP contribution in [0, 0.1) is 5.41 Å². The first-order chi connectivity index (χ1) is 9.79. The smallest absolute Gasteiger partial charge is 0.161 e. The van der Waals surface area contributed by atoms with Crippen LogP contribution in [-0.4, -0.2) is 24.9 Å². The van der Waals surface area contributed by atoms with Gasteiger partial charge in [0.2, 0.25) is 0 Å². The summed E-state index contributed by atoms with van der Waals surface area (Å²) in [4.78, 5) is 12.2. The monoisotopic (exact) mass is 312 g/mol. The Hall–Kier alpha value is -1.22. The Balaban J connectivity index is 2.86. The van der Waals surface area contributed by atoms with Gasteiger partial charge in [-0.05, 0) is 30.5 Å². The van der Waals surface area contributed by atoms with Crippen LogP contribution in [0.25, 0.3) is 0 Å². The lowest BCUT2D eigenvalue weighted by atomic mass is 9.87. The Bertz CT molecular complexity index is 477. The number of ketones is 1. The molecular weight excluding hydrogens is 288 g/mol. The molecule has 118 valence electrons. The lowest BCUT2D eigenvalue weighted by Gasteiger charge is -2.20. The van der Waals surface area contributed by atoms with E-state index in [-0.39, 0.29) is 5.78 Å². The summed E-state index contributed by atoms with van der Waals surface area (Å²) in [5.41, 5.74) is 0.542. The van der Waals surface area contributed by atoms with E-state index in [0.717, 1.165) is 12.0 Å². The van der Waals surface area contributed by atoms with Gasteiger partial charge in [0.1, 0.15) is 0 Å². The molecule has 21 heavy (non-hydrogen) atoms. The number of rotatable bonds is 7. The van der Waals surface area contributed by atoms with Crippen LogP contribution in [0.5, 0.6) is 11.5 Å². The highest BCUT2D eigenvalue weighted by Gasteiger charge is 2.28. The predicted molar refractivity (Wildman–Crippen MR) is 86.6 cm³/mol. The fourth-order valence-corrected chi connectivity index (χ4v) is 2.45. The summed E-state index contributed by atoms with van der Waals surface area (Å²) in [6.45, 7) is 8.33. The maximum Gasteiger partial charge on any atom is 0.161 e. The molecule has 0 aliphatic carbocycles. The van der Waals surface area contributed by atoms with E-state index in [1.165, 1.54) is 0 Å². The average molecular weight is 313 g/mol. The molecule has 1 unspecified atom stereocenters. The molecule has 1 rings (SSSR count). The molecule has 0 N–H and O–H groups in total. The van der Waals surface area contributed by atoms with Gasteiger partial charge in [-0.3, -0.25) is 4.79 Å². The van der Waals surface area contributed by atoms with Gasteiger partial charge in [0.15, 0.2) is 17.3 Å².